The van der Waals surface area contributed by atoms with Crippen LogP contribution in [-0.2, 0) is 17.5 Å². The fourth-order valence-electron chi connectivity index (χ4n) is 2.76. The lowest BCUT2D eigenvalue weighted by atomic mass is 10.1. The zero-order chi connectivity index (χ0) is 17.7. The lowest BCUT2D eigenvalue weighted by molar-refractivity contribution is -0.138. The summed E-state index contributed by atoms with van der Waals surface area (Å²) in [5, 5.41) is 0. The van der Waals surface area contributed by atoms with Gasteiger partial charge in [0.05, 0.1) is 5.56 Å². The van der Waals surface area contributed by atoms with Crippen molar-refractivity contribution < 1.29 is 22.7 Å². The van der Waals surface area contributed by atoms with E-state index in [1.54, 1.807) is 4.90 Å². The van der Waals surface area contributed by atoms with E-state index in [4.69, 9.17) is 4.74 Å². The Morgan fingerprint density at radius 3 is 2.42 bits per heavy atom. The van der Waals surface area contributed by atoms with Crippen molar-refractivity contribution >= 4 is 6.09 Å². The molecule has 1 aliphatic heterocycles. The number of benzene rings is 1. The summed E-state index contributed by atoms with van der Waals surface area (Å²) in [4.78, 5) is 15.9. The molecule has 0 N–H and O–H groups in total. The van der Waals surface area contributed by atoms with E-state index in [0.29, 0.717) is 19.1 Å². The third-order valence-electron chi connectivity index (χ3n) is 4.46. The van der Waals surface area contributed by atoms with Crippen LogP contribution in [0.2, 0.25) is 0 Å². The Morgan fingerprint density at radius 1 is 1.21 bits per heavy atom. The first-order valence-electron chi connectivity index (χ1n) is 8.13. The molecule has 4 nitrogen and oxygen atoms in total. The molecule has 24 heavy (non-hydrogen) atoms. The largest absolute Gasteiger partial charge is 0.445 e. The van der Waals surface area contributed by atoms with Gasteiger partial charge >= 0.3 is 12.3 Å². The number of ether oxygens (including phenoxy) is 1. The van der Waals surface area contributed by atoms with E-state index in [2.05, 4.69) is 18.7 Å². The summed E-state index contributed by atoms with van der Waals surface area (Å²) in [6.45, 7) is 6.45. The average Bonchev–Trinajstić information content (AvgIpc) is 2.58. The Kier molecular flexibility index (Phi) is 6.10. The zero-order valence-electron chi connectivity index (χ0n) is 14.0. The van der Waals surface area contributed by atoms with Gasteiger partial charge < -0.3 is 9.64 Å². The highest BCUT2D eigenvalue weighted by Crippen LogP contribution is 2.32. The van der Waals surface area contributed by atoms with E-state index in [9.17, 15) is 18.0 Å². The van der Waals surface area contributed by atoms with E-state index in [1.165, 1.54) is 18.2 Å². The zero-order valence-corrected chi connectivity index (χ0v) is 14.0. The molecule has 0 radical (unpaired) electrons. The van der Waals surface area contributed by atoms with Gasteiger partial charge in [0.25, 0.3) is 0 Å². The number of amides is 1. The highest BCUT2D eigenvalue weighted by Gasteiger charge is 2.33. The summed E-state index contributed by atoms with van der Waals surface area (Å²) < 4.78 is 43.9. The molecule has 1 unspecified atom stereocenters. The Morgan fingerprint density at radius 2 is 1.83 bits per heavy atom. The molecule has 1 aromatic rings. The third kappa shape index (κ3) is 4.63. The minimum atomic E-state index is -4.45. The molecule has 0 bridgehead atoms. The summed E-state index contributed by atoms with van der Waals surface area (Å²) in [6, 6.07) is 5.61. The number of nitrogens with zero attached hydrogens (tertiary/aromatic N) is 2. The summed E-state index contributed by atoms with van der Waals surface area (Å²) in [7, 11) is 0. The van der Waals surface area contributed by atoms with Gasteiger partial charge in [-0.2, -0.15) is 13.2 Å². The maximum atomic E-state index is 12.9. The second-order valence-corrected chi connectivity index (χ2v) is 5.99. The monoisotopic (exact) mass is 344 g/mol. The van der Waals surface area contributed by atoms with Crippen LogP contribution in [0.5, 0.6) is 0 Å². The molecule has 1 fully saturated rings. The summed E-state index contributed by atoms with van der Waals surface area (Å²) >= 11 is 0. The predicted octanol–water partition coefficient (Wildman–Crippen LogP) is 3.76. The molecule has 134 valence electrons. The van der Waals surface area contributed by atoms with Crippen molar-refractivity contribution in [3.8, 4) is 0 Å². The van der Waals surface area contributed by atoms with Crippen molar-refractivity contribution in [3.05, 3.63) is 35.4 Å². The second-order valence-electron chi connectivity index (χ2n) is 5.99. The van der Waals surface area contributed by atoms with Gasteiger partial charge in [-0.3, -0.25) is 4.90 Å². The molecular weight excluding hydrogens is 321 g/mol. The second kappa shape index (κ2) is 7.88. The number of hydrogen-bond acceptors (Lipinski definition) is 3. The maximum Gasteiger partial charge on any atom is 0.416 e. The van der Waals surface area contributed by atoms with Crippen LogP contribution in [-0.4, -0.2) is 48.1 Å². The van der Waals surface area contributed by atoms with Gasteiger partial charge in [-0.05, 0) is 19.4 Å². The van der Waals surface area contributed by atoms with Gasteiger partial charge in [0.15, 0.2) is 0 Å². The molecule has 1 saturated heterocycles. The highest BCUT2D eigenvalue weighted by molar-refractivity contribution is 5.67. The van der Waals surface area contributed by atoms with Crippen LogP contribution in [0, 0.1) is 0 Å². The molecule has 0 aromatic heterocycles. The molecule has 1 aromatic carbocycles. The minimum Gasteiger partial charge on any atom is -0.445 e. The molecule has 7 heteroatoms. The fourth-order valence-corrected chi connectivity index (χ4v) is 2.76. The maximum absolute atomic E-state index is 12.9. The smallest absolute Gasteiger partial charge is 0.416 e. The van der Waals surface area contributed by atoms with Crippen LogP contribution in [0.25, 0.3) is 0 Å². The van der Waals surface area contributed by atoms with Crippen molar-refractivity contribution in [2.75, 3.05) is 26.2 Å². The lowest BCUT2D eigenvalue weighted by Gasteiger charge is -2.37. The van der Waals surface area contributed by atoms with Crippen LogP contribution < -0.4 is 0 Å². The number of hydrogen-bond donors (Lipinski definition) is 0. The SMILES string of the molecule is CCC(C)N1CCN(C(=O)OCc2ccccc2C(F)(F)F)CC1. The first-order valence-corrected chi connectivity index (χ1v) is 8.13. The van der Waals surface area contributed by atoms with Gasteiger partial charge in [-0.1, -0.05) is 25.1 Å². The third-order valence-corrected chi connectivity index (χ3v) is 4.46. The number of halogens is 3. The van der Waals surface area contributed by atoms with Gasteiger partial charge in [0.1, 0.15) is 6.61 Å². The van der Waals surface area contributed by atoms with E-state index in [-0.39, 0.29) is 12.2 Å². The van der Waals surface area contributed by atoms with Gasteiger partial charge in [0.2, 0.25) is 0 Å². The predicted molar refractivity (Wildman–Crippen MR) is 84.5 cm³/mol. The Labute approximate surface area is 140 Å². The number of piperazine rings is 1. The van der Waals surface area contributed by atoms with Crippen molar-refractivity contribution in [2.24, 2.45) is 0 Å². The van der Waals surface area contributed by atoms with E-state index < -0.39 is 17.8 Å². The first kappa shape index (κ1) is 18.6. The first-order chi connectivity index (χ1) is 11.3. The molecule has 1 atom stereocenters. The Hall–Kier alpha value is -1.76. The molecule has 1 aliphatic rings. The van der Waals surface area contributed by atoms with Crippen molar-refractivity contribution in [2.45, 2.75) is 39.1 Å². The van der Waals surface area contributed by atoms with Crippen LogP contribution in [0.1, 0.15) is 31.4 Å². The molecule has 1 heterocycles. The lowest BCUT2D eigenvalue weighted by Crippen LogP contribution is -2.51. The van der Waals surface area contributed by atoms with Crippen LogP contribution in [0.15, 0.2) is 24.3 Å². The quantitative estimate of drug-likeness (QED) is 0.834. The summed E-state index contributed by atoms with van der Waals surface area (Å²) in [5.41, 5.74) is -0.795. The molecule has 0 spiro atoms. The standard InChI is InChI=1S/C17H23F3N2O2/c1-3-13(2)21-8-10-22(11-9-21)16(23)24-12-14-6-4-5-7-15(14)17(18,19)20/h4-7,13H,3,8-12H2,1-2H3. The summed E-state index contributed by atoms with van der Waals surface area (Å²) in [6.07, 6.45) is -3.97. The highest BCUT2D eigenvalue weighted by atomic mass is 19.4. The van der Waals surface area contributed by atoms with Crippen molar-refractivity contribution in [1.82, 2.24) is 9.80 Å². The van der Waals surface area contributed by atoms with Crippen LogP contribution >= 0.6 is 0 Å². The van der Waals surface area contributed by atoms with Gasteiger partial charge in [0, 0.05) is 37.8 Å². The van der Waals surface area contributed by atoms with Gasteiger partial charge in [-0.25, -0.2) is 4.79 Å². The Bertz CT molecular complexity index is 555. The number of carbonyl (C=O) groups is 1. The minimum absolute atomic E-state index is 0.0309. The fraction of sp³-hybridized carbons (Fsp3) is 0.588. The van der Waals surface area contributed by atoms with Crippen LogP contribution in [0.4, 0.5) is 18.0 Å². The topological polar surface area (TPSA) is 32.8 Å². The molecule has 0 saturated carbocycles. The molecule has 2 rings (SSSR count). The van der Waals surface area contributed by atoms with E-state index in [1.807, 2.05) is 0 Å². The summed E-state index contributed by atoms with van der Waals surface area (Å²) in [5.74, 6) is 0. The molecule has 1 amide bonds. The normalized spacial score (nSPS) is 17.6. The number of alkyl halides is 3. The van der Waals surface area contributed by atoms with E-state index >= 15 is 0 Å². The average molecular weight is 344 g/mol. The van der Waals surface area contributed by atoms with Crippen molar-refractivity contribution in [1.29, 1.82) is 0 Å². The van der Waals surface area contributed by atoms with Crippen molar-refractivity contribution in [3.63, 3.8) is 0 Å². The van der Waals surface area contributed by atoms with Crippen LogP contribution in [0.3, 0.4) is 0 Å². The van der Waals surface area contributed by atoms with Gasteiger partial charge in [-0.15, -0.1) is 0 Å². The number of rotatable bonds is 4. The number of carbonyl (C=O) groups excluding carboxylic acids is 1. The molecular formula is C17H23F3N2O2. The van der Waals surface area contributed by atoms with E-state index in [0.717, 1.165) is 25.6 Å². The Balaban J connectivity index is 1.89. The molecule has 0 aliphatic carbocycles.